The highest BCUT2D eigenvalue weighted by molar-refractivity contribution is 5.56. The minimum Gasteiger partial charge on any atom is -0.394 e. The van der Waals surface area contributed by atoms with Crippen molar-refractivity contribution in [3.05, 3.63) is 10.1 Å². The molecule has 9 nitrogen and oxygen atoms in total. The molecule has 9 heteroatoms. The molecule has 0 aromatic heterocycles. The van der Waals surface area contributed by atoms with Gasteiger partial charge in [0.25, 0.3) is 5.09 Å². The Kier molecular flexibility index (Phi) is 9.02. The fourth-order valence-corrected chi connectivity index (χ4v) is 0.416. The highest BCUT2D eigenvalue weighted by atomic mass is 16.9. The largest absolute Gasteiger partial charge is 0.394 e. The fourth-order valence-electron chi connectivity index (χ4n) is 0.416. The molecule has 0 aromatic rings. The summed E-state index contributed by atoms with van der Waals surface area (Å²) in [5.74, 6) is 0. The highest BCUT2D eigenvalue weighted by Gasteiger charge is 2.22. The molecule has 3 atom stereocenters. The first-order valence-electron chi connectivity index (χ1n) is 3.30. The van der Waals surface area contributed by atoms with Gasteiger partial charge in [-0.15, -0.1) is 10.1 Å². The highest BCUT2D eigenvalue weighted by Crippen LogP contribution is 1.96. The maximum Gasteiger partial charge on any atom is 0.291 e. The predicted molar refractivity (Wildman–Crippen MR) is 40.0 cm³/mol. The molecule has 5 N–H and O–H groups in total. The van der Waals surface area contributed by atoms with Crippen LogP contribution in [0.1, 0.15) is 0 Å². The van der Waals surface area contributed by atoms with Gasteiger partial charge in [0.2, 0.25) is 0 Å². The van der Waals surface area contributed by atoms with Crippen molar-refractivity contribution >= 4 is 6.29 Å². The van der Waals surface area contributed by atoms with Gasteiger partial charge in [0, 0.05) is 0 Å². The Hall–Kier alpha value is -1.29. The van der Waals surface area contributed by atoms with Crippen LogP contribution in [0.2, 0.25) is 0 Å². The van der Waals surface area contributed by atoms with Crippen molar-refractivity contribution in [1.29, 1.82) is 0 Å². The van der Waals surface area contributed by atoms with Crippen LogP contribution < -0.4 is 0 Å². The van der Waals surface area contributed by atoms with Crippen LogP contribution in [0.3, 0.4) is 0 Å². The van der Waals surface area contributed by atoms with Crippen LogP contribution in [-0.2, 0) is 4.79 Å². The molecule has 0 radical (unpaired) electrons. The van der Waals surface area contributed by atoms with Gasteiger partial charge in [-0.05, 0) is 0 Å². The minimum absolute atomic E-state index is 0.0869. The van der Waals surface area contributed by atoms with E-state index in [1.807, 2.05) is 0 Å². The average Bonchev–Trinajstić information content (AvgIpc) is 2.13. The molecule has 0 amide bonds. The van der Waals surface area contributed by atoms with Crippen LogP contribution in [0.4, 0.5) is 0 Å². The van der Waals surface area contributed by atoms with E-state index in [9.17, 15) is 4.79 Å². The SMILES string of the molecule is O=C[C@H](O)[C@H](O)[C@H](O)CO.O=[N+]([O-])O. The lowest BCUT2D eigenvalue weighted by Crippen LogP contribution is -2.40. The zero-order chi connectivity index (χ0) is 11.7. The standard InChI is InChI=1S/C5H10O5.HNO3/c6-1-3(8)5(10)4(9)2-7;2-1(3)4/h1,3-5,7-10H,2H2;(H,2,3,4)/t3-,4+,5-;/m0./s1. The Balaban J connectivity index is 0. The monoisotopic (exact) mass is 213 g/mol. The molecule has 0 unspecified atom stereocenters. The molecule has 14 heavy (non-hydrogen) atoms. The number of hydrogen-bond acceptors (Lipinski definition) is 7. The molecule has 0 heterocycles. The molecular formula is C5H11NO8. The van der Waals surface area contributed by atoms with Crippen molar-refractivity contribution in [3.63, 3.8) is 0 Å². The molecule has 0 aromatic carbocycles. The van der Waals surface area contributed by atoms with E-state index < -0.39 is 30.0 Å². The zero-order valence-corrected chi connectivity index (χ0v) is 6.92. The van der Waals surface area contributed by atoms with E-state index in [2.05, 4.69) is 0 Å². The maximum absolute atomic E-state index is 9.76. The van der Waals surface area contributed by atoms with E-state index in [-0.39, 0.29) is 6.29 Å². The second kappa shape index (κ2) is 8.31. The summed E-state index contributed by atoms with van der Waals surface area (Å²) in [7, 11) is 0. The molecule has 0 spiro atoms. The number of aldehydes is 1. The zero-order valence-electron chi connectivity index (χ0n) is 6.92. The lowest BCUT2D eigenvalue weighted by atomic mass is 10.1. The van der Waals surface area contributed by atoms with Crippen LogP contribution in [0.5, 0.6) is 0 Å². The van der Waals surface area contributed by atoms with Crippen molar-refractivity contribution in [2.24, 2.45) is 0 Å². The first kappa shape index (κ1) is 15.2. The van der Waals surface area contributed by atoms with E-state index in [4.69, 9.17) is 35.7 Å². The summed E-state index contributed by atoms with van der Waals surface area (Å²) < 4.78 is 0. The number of nitrogens with zero attached hydrogens (tertiary/aromatic N) is 1. The van der Waals surface area contributed by atoms with Gasteiger partial charge >= 0.3 is 0 Å². The third kappa shape index (κ3) is 8.80. The molecule has 0 saturated carbocycles. The Bertz CT molecular complexity index is 169. The fraction of sp³-hybridized carbons (Fsp3) is 0.800. The smallest absolute Gasteiger partial charge is 0.291 e. The first-order valence-corrected chi connectivity index (χ1v) is 3.30. The molecule has 0 aliphatic carbocycles. The summed E-state index contributed by atoms with van der Waals surface area (Å²) in [5.41, 5.74) is 0. The number of carbonyl (C=O) groups excluding carboxylic acids is 1. The van der Waals surface area contributed by atoms with Crippen molar-refractivity contribution in [3.8, 4) is 0 Å². The van der Waals surface area contributed by atoms with Crippen LogP contribution in [0.25, 0.3) is 0 Å². The Morgan fingerprint density at radius 2 is 1.71 bits per heavy atom. The number of aliphatic hydroxyl groups is 4. The molecule has 0 bridgehead atoms. The van der Waals surface area contributed by atoms with E-state index >= 15 is 0 Å². The second-order valence-electron chi connectivity index (χ2n) is 2.11. The molecular weight excluding hydrogens is 202 g/mol. The van der Waals surface area contributed by atoms with Crippen molar-refractivity contribution in [2.75, 3.05) is 6.61 Å². The van der Waals surface area contributed by atoms with Crippen LogP contribution >= 0.6 is 0 Å². The van der Waals surface area contributed by atoms with E-state index in [1.165, 1.54) is 0 Å². The predicted octanol–water partition coefficient (Wildman–Crippen LogP) is -3.09. The summed E-state index contributed by atoms with van der Waals surface area (Å²) in [6, 6.07) is 0. The number of hydrogen-bond donors (Lipinski definition) is 5. The van der Waals surface area contributed by atoms with Gasteiger partial charge < -0.3 is 30.4 Å². The van der Waals surface area contributed by atoms with E-state index in [0.29, 0.717) is 0 Å². The van der Waals surface area contributed by atoms with Gasteiger partial charge in [-0.25, -0.2) is 0 Å². The van der Waals surface area contributed by atoms with Gasteiger partial charge in [-0.2, -0.15) is 0 Å². The summed E-state index contributed by atoms with van der Waals surface area (Å²) in [6.07, 6.45) is -4.63. The average molecular weight is 213 g/mol. The third-order valence-electron chi connectivity index (χ3n) is 1.07. The van der Waals surface area contributed by atoms with Crippen molar-refractivity contribution in [2.45, 2.75) is 18.3 Å². The first-order chi connectivity index (χ1) is 6.36. The van der Waals surface area contributed by atoms with Crippen LogP contribution in [0.15, 0.2) is 0 Å². The Morgan fingerprint density at radius 1 is 1.36 bits per heavy atom. The summed E-state index contributed by atoms with van der Waals surface area (Å²) in [6.45, 7) is -0.688. The van der Waals surface area contributed by atoms with Gasteiger partial charge in [0.15, 0.2) is 6.29 Å². The molecule has 0 aliphatic heterocycles. The topological polar surface area (TPSA) is 161 Å². The molecule has 84 valence electrons. The van der Waals surface area contributed by atoms with Gasteiger partial charge in [0.1, 0.15) is 18.3 Å². The van der Waals surface area contributed by atoms with E-state index in [0.717, 1.165) is 0 Å². The van der Waals surface area contributed by atoms with Gasteiger partial charge in [-0.1, -0.05) is 0 Å². The number of rotatable bonds is 4. The number of aliphatic hydroxyl groups excluding tert-OH is 4. The molecule has 0 saturated heterocycles. The van der Waals surface area contributed by atoms with Crippen molar-refractivity contribution in [1.82, 2.24) is 0 Å². The third-order valence-corrected chi connectivity index (χ3v) is 1.07. The van der Waals surface area contributed by atoms with E-state index in [1.54, 1.807) is 0 Å². The van der Waals surface area contributed by atoms with Gasteiger partial charge in [-0.3, -0.25) is 0 Å². The lowest BCUT2D eigenvalue weighted by molar-refractivity contribution is -0.742. The summed E-state index contributed by atoms with van der Waals surface area (Å²) in [5, 5.41) is 47.7. The Labute approximate surface area is 77.9 Å². The van der Waals surface area contributed by atoms with Crippen molar-refractivity contribution < 1.29 is 35.5 Å². The van der Waals surface area contributed by atoms with Gasteiger partial charge in [0.05, 0.1) is 6.61 Å². The molecule has 0 fully saturated rings. The maximum atomic E-state index is 9.76. The molecule has 0 rings (SSSR count). The molecule has 0 aliphatic rings. The summed E-state index contributed by atoms with van der Waals surface area (Å²) in [4.78, 5) is 18.1. The Morgan fingerprint density at radius 3 is 1.93 bits per heavy atom. The lowest BCUT2D eigenvalue weighted by Gasteiger charge is -2.16. The van der Waals surface area contributed by atoms with Crippen LogP contribution in [0, 0.1) is 10.1 Å². The number of carbonyl (C=O) groups is 1. The summed E-state index contributed by atoms with van der Waals surface area (Å²) >= 11 is 0. The van der Waals surface area contributed by atoms with Crippen LogP contribution in [-0.4, -0.2) is 61.9 Å². The second-order valence-corrected chi connectivity index (χ2v) is 2.11. The quantitative estimate of drug-likeness (QED) is 0.186. The minimum atomic E-state index is -1.64. The normalized spacial score (nSPS) is 15.7.